The number of para-hydroxylation sites is 6. The van der Waals surface area contributed by atoms with Gasteiger partial charge in [0.05, 0.1) is 22.5 Å². The minimum absolute atomic E-state index is 0.628. The molecule has 11 aromatic rings. The molecule has 1 spiro atoms. The molecule has 0 amide bonds. The lowest BCUT2D eigenvalue weighted by molar-refractivity contribution is 0.669. The first-order valence-corrected chi connectivity index (χ1v) is 22.3. The maximum Gasteiger partial charge on any atom is 0.161 e. The summed E-state index contributed by atoms with van der Waals surface area (Å²) >= 11 is 0. The first kappa shape index (κ1) is 37.0. The van der Waals surface area contributed by atoms with E-state index in [4.69, 9.17) is 4.42 Å². The van der Waals surface area contributed by atoms with E-state index in [0.29, 0.717) is 0 Å². The predicted molar refractivity (Wildman–Crippen MR) is 269 cm³/mol. The average molecular weight is 832 g/mol. The van der Waals surface area contributed by atoms with Gasteiger partial charge in [0.25, 0.3) is 0 Å². The number of fused-ring (bicyclic) bond motifs is 12. The van der Waals surface area contributed by atoms with Crippen molar-refractivity contribution < 1.29 is 4.42 Å². The van der Waals surface area contributed by atoms with Gasteiger partial charge in [-0.15, -0.1) is 0 Å². The lowest BCUT2D eigenvalue weighted by atomic mass is 9.64. The molecule has 306 valence electrons. The van der Waals surface area contributed by atoms with Crippen molar-refractivity contribution in [3.8, 4) is 11.1 Å². The Kier molecular flexibility index (Phi) is 8.40. The van der Waals surface area contributed by atoms with E-state index in [1.54, 1.807) is 0 Å². The zero-order chi connectivity index (χ0) is 42.9. The van der Waals surface area contributed by atoms with Crippen LogP contribution in [0.3, 0.4) is 0 Å². The van der Waals surface area contributed by atoms with Crippen molar-refractivity contribution in [3.63, 3.8) is 0 Å². The molecule has 1 aliphatic carbocycles. The largest absolute Gasteiger partial charge is 0.454 e. The fraction of sp³-hybridized carbons (Fsp3) is 0.0164. The van der Waals surface area contributed by atoms with Crippen molar-refractivity contribution in [1.82, 2.24) is 0 Å². The average Bonchev–Trinajstić information content (AvgIpc) is 3.90. The van der Waals surface area contributed by atoms with Gasteiger partial charge < -0.3 is 19.1 Å². The van der Waals surface area contributed by atoms with Gasteiger partial charge in [0.2, 0.25) is 0 Å². The molecule has 65 heavy (non-hydrogen) atoms. The third-order valence-corrected chi connectivity index (χ3v) is 13.4. The highest BCUT2D eigenvalue weighted by Gasteiger charge is 2.52. The van der Waals surface area contributed by atoms with E-state index in [1.165, 1.54) is 39.1 Å². The standard InChI is InChI=1S/C61H41N3O/c1-5-21-42(22-6-1)62(43-23-7-2-8-24-43)57-40-38-50-49-31-15-20-36-58(49)65-60(50)59(57)63(44-25-9-3-10-26-44)46-37-39-56-54(41-46)61(51-32-16-13-29-47(51)48-30-14-17-33-52(48)61)53-34-18-19-35-55(53)64(56)45-27-11-4-12-28-45/h1-41H. The summed E-state index contributed by atoms with van der Waals surface area (Å²) < 4.78 is 7.11. The van der Waals surface area contributed by atoms with Crippen molar-refractivity contribution in [2.24, 2.45) is 0 Å². The first-order chi connectivity index (χ1) is 32.3. The summed E-state index contributed by atoms with van der Waals surface area (Å²) in [5.74, 6) is 0. The maximum absolute atomic E-state index is 7.11. The van der Waals surface area contributed by atoms with Gasteiger partial charge in [-0.2, -0.15) is 0 Å². The monoisotopic (exact) mass is 831 g/mol. The summed E-state index contributed by atoms with van der Waals surface area (Å²) in [6, 6.07) is 89.9. The Morgan fingerprint density at radius 3 is 1.51 bits per heavy atom. The van der Waals surface area contributed by atoms with Crippen LogP contribution >= 0.6 is 0 Å². The summed E-state index contributed by atoms with van der Waals surface area (Å²) in [4.78, 5) is 7.23. The third-order valence-electron chi connectivity index (χ3n) is 13.4. The molecule has 2 aliphatic rings. The summed E-state index contributed by atoms with van der Waals surface area (Å²) in [5.41, 5.74) is 18.0. The van der Waals surface area contributed by atoms with Crippen molar-refractivity contribution in [3.05, 3.63) is 271 Å². The first-order valence-electron chi connectivity index (χ1n) is 22.3. The molecule has 4 nitrogen and oxygen atoms in total. The molecular formula is C61H41N3O. The van der Waals surface area contributed by atoms with Crippen LogP contribution in [0.4, 0.5) is 51.2 Å². The van der Waals surface area contributed by atoms with E-state index in [-0.39, 0.29) is 0 Å². The van der Waals surface area contributed by atoms with E-state index in [0.717, 1.165) is 67.4 Å². The van der Waals surface area contributed by atoms with Crippen LogP contribution in [0.1, 0.15) is 22.3 Å². The second kappa shape index (κ2) is 14.8. The van der Waals surface area contributed by atoms with Gasteiger partial charge in [-0.25, -0.2) is 0 Å². The highest BCUT2D eigenvalue weighted by molar-refractivity contribution is 6.14. The van der Waals surface area contributed by atoms with Crippen LogP contribution < -0.4 is 14.7 Å². The third kappa shape index (κ3) is 5.51. The van der Waals surface area contributed by atoms with E-state index >= 15 is 0 Å². The van der Waals surface area contributed by atoms with Gasteiger partial charge in [-0.05, 0) is 124 Å². The van der Waals surface area contributed by atoms with Crippen molar-refractivity contribution >= 4 is 73.1 Å². The molecule has 0 fully saturated rings. The smallest absolute Gasteiger partial charge is 0.161 e. The number of hydrogen-bond acceptors (Lipinski definition) is 4. The normalized spacial score (nSPS) is 13.0. The number of nitrogens with zero attached hydrogens (tertiary/aromatic N) is 3. The van der Waals surface area contributed by atoms with Crippen LogP contribution in [0.15, 0.2) is 253 Å². The quantitative estimate of drug-likeness (QED) is 0.160. The van der Waals surface area contributed by atoms with Crippen molar-refractivity contribution in [2.45, 2.75) is 5.41 Å². The Hall–Kier alpha value is -8.60. The van der Waals surface area contributed by atoms with Crippen LogP contribution in [-0.4, -0.2) is 0 Å². The number of rotatable bonds is 7. The molecule has 0 radical (unpaired) electrons. The highest BCUT2D eigenvalue weighted by Crippen LogP contribution is 2.64. The molecule has 13 rings (SSSR count). The van der Waals surface area contributed by atoms with E-state index in [2.05, 4.69) is 263 Å². The minimum Gasteiger partial charge on any atom is -0.454 e. The topological polar surface area (TPSA) is 22.9 Å². The fourth-order valence-corrected chi connectivity index (χ4v) is 10.8. The highest BCUT2D eigenvalue weighted by atomic mass is 16.3. The SMILES string of the molecule is c1ccc(N(c2ccccc2)c2ccc3c(oc4ccccc43)c2N(c2ccccc2)c2ccc3c(c2)C2(c4ccccc4-c4ccccc42)c2ccccc2N3c2ccccc2)cc1. The lowest BCUT2D eigenvalue weighted by Gasteiger charge is -2.45. The zero-order valence-electron chi connectivity index (χ0n) is 35.4. The summed E-state index contributed by atoms with van der Waals surface area (Å²) in [6.45, 7) is 0. The van der Waals surface area contributed by atoms with Gasteiger partial charge in [-0.3, -0.25) is 0 Å². The maximum atomic E-state index is 7.11. The van der Waals surface area contributed by atoms with Gasteiger partial charge >= 0.3 is 0 Å². The van der Waals surface area contributed by atoms with Crippen LogP contribution in [0, 0.1) is 0 Å². The fourth-order valence-electron chi connectivity index (χ4n) is 10.8. The second-order valence-electron chi connectivity index (χ2n) is 16.8. The van der Waals surface area contributed by atoms with Crippen LogP contribution in [-0.2, 0) is 5.41 Å². The van der Waals surface area contributed by atoms with Crippen molar-refractivity contribution in [2.75, 3.05) is 14.7 Å². The summed E-state index contributed by atoms with van der Waals surface area (Å²) in [6.07, 6.45) is 0. The van der Waals surface area contributed by atoms with Crippen LogP contribution in [0.25, 0.3) is 33.1 Å². The molecule has 2 heterocycles. The molecule has 0 unspecified atom stereocenters. The van der Waals surface area contributed by atoms with Crippen LogP contribution in [0.5, 0.6) is 0 Å². The second-order valence-corrected chi connectivity index (χ2v) is 16.8. The zero-order valence-corrected chi connectivity index (χ0v) is 35.4. The molecule has 10 aromatic carbocycles. The van der Waals surface area contributed by atoms with E-state index in [1.807, 2.05) is 0 Å². The Balaban J connectivity index is 1.16. The molecule has 1 aliphatic heterocycles. The Morgan fingerprint density at radius 1 is 0.354 bits per heavy atom. The Morgan fingerprint density at radius 2 is 0.862 bits per heavy atom. The van der Waals surface area contributed by atoms with Crippen LogP contribution in [0.2, 0.25) is 0 Å². The van der Waals surface area contributed by atoms with E-state index in [9.17, 15) is 0 Å². The van der Waals surface area contributed by atoms with Gasteiger partial charge in [0, 0.05) is 39.2 Å². The Bertz CT molecular complexity index is 3480. The molecule has 0 N–H and O–H groups in total. The van der Waals surface area contributed by atoms with Crippen molar-refractivity contribution in [1.29, 1.82) is 0 Å². The molecular weight excluding hydrogens is 791 g/mol. The molecule has 1 aromatic heterocycles. The van der Waals surface area contributed by atoms with Gasteiger partial charge in [-0.1, -0.05) is 158 Å². The van der Waals surface area contributed by atoms with Gasteiger partial charge in [0.1, 0.15) is 11.3 Å². The van der Waals surface area contributed by atoms with Gasteiger partial charge in [0.15, 0.2) is 5.58 Å². The predicted octanol–water partition coefficient (Wildman–Crippen LogP) is 16.7. The molecule has 4 heteroatoms. The lowest BCUT2D eigenvalue weighted by Crippen LogP contribution is -2.36. The number of hydrogen-bond donors (Lipinski definition) is 0. The number of furan rings is 1. The summed E-state index contributed by atoms with van der Waals surface area (Å²) in [7, 11) is 0. The number of benzene rings is 10. The molecule has 0 atom stereocenters. The summed E-state index contributed by atoms with van der Waals surface area (Å²) in [5, 5.41) is 2.13. The molecule has 0 saturated carbocycles. The van der Waals surface area contributed by atoms with E-state index < -0.39 is 5.41 Å². The minimum atomic E-state index is -0.628. The Labute approximate surface area is 378 Å². The number of anilines is 9. The molecule has 0 saturated heterocycles. The molecule has 0 bridgehead atoms.